The Hall–Kier alpha value is -2.42. The third-order valence-corrected chi connectivity index (χ3v) is 6.24. The number of carbonyl (C=O) groups is 1. The third-order valence-electron chi connectivity index (χ3n) is 4.35. The van der Waals surface area contributed by atoms with Crippen LogP contribution < -0.4 is 10.2 Å². The normalized spacial score (nSPS) is 15.3. The summed E-state index contributed by atoms with van der Waals surface area (Å²) < 4.78 is 32.1. The first-order valence-electron chi connectivity index (χ1n) is 8.64. The summed E-state index contributed by atoms with van der Waals surface area (Å²) in [7, 11) is 0.239. The van der Waals surface area contributed by atoms with Crippen LogP contribution in [0.3, 0.4) is 0 Å². The van der Waals surface area contributed by atoms with E-state index in [9.17, 15) is 13.2 Å². The van der Waals surface area contributed by atoms with Gasteiger partial charge in [-0.15, -0.1) is 0 Å². The predicted molar refractivity (Wildman–Crippen MR) is 105 cm³/mol. The van der Waals surface area contributed by atoms with Crippen molar-refractivity contribution < 1.29 is 17.9 Å². The SMILES string of the molecule is CN(C)c1ccc(NC(=O)c2cccc(S(=O)(=O)N3CCOCC3)c2)cc1. The second-order valence-electron chi connectivity index (χ2n) is 6.44. The van der Waals surface area contributed by atoms with Gasteiger partial charge in [0.25, 0.3) is 5.91 Å². The molecule has 0 aliphatic carbocycles. The minimum absolute atomic E-state index is 0.111. The second kappa shape index (κ2) is 8.08. The van der Waals surface area contributed by atoms with Crippen LogP contribution in [0.15, 0.2) is 53.4 Å². The van der Waals surface area contributed by atoms with E-state index >= 15 is 0 Å². The molecule has 0 saturated carbocycles. The monoisotopic (exact) mass is 389 g/mol. The number of hydrogen-bond acceptors (Lipinski definition) is 5. The molecule has 0 atom stereocenters. The smallest absolute Gasteiger partial charge is 0.255 e. The zero-order valence-corrected chi connectivity index (χ0v) is 16.2. The molecule has 2 aromatic carbocycles. The lowest BCUT2D eigenvalue weighted by molar-refractivity contribution is 0.0730. The summed E-state index contributed by atoms with van der Waals surface area (Å²) in [6.45, 7) is 1.39. The highest BCUT2D eigenvalue weighted by Gasteiger charge is 2.26. The number of nitrogens with zero attached hydrogens (tertiary/aromatic N) is 2. The van der Waals surface area contributed by atoms with E-state index in [4.69, 9.17) is 4.74 Å². The number of ether oxygens (including phenoxy) is 1. The summed E-state index contributed by atoms with van der Waals surface area (Å²) in [5.74, 6) is -0.355. The lowest BCUT2D eigenvalue weighted by Gasteiger charge is -2.26. The molecule has 1 aliphatic heterocycles. The van der Waals surface area contributed by atoms with Gasteiger partial charge < -0.3 is 15.0 Å². The van der Waals surface area contributed by atoms with Gasteiger partial charge in [0, 0.05) is 44.1 Å². The topological polar surface area (TPSA) is 79.0 Å². The summed E-state index contributed by atoms with van der Waals surface area (Å²) in [5.41, 5.74) is 1.96. The Balaban J connectivity index is 1.77. The first kappa shape index (κ1) is 19.3. The van der Waals surface area contributed by atoms with Crippen LogP contribution in [0.4, 0.5) is 11.4 Å². The molecule has 8 heteroatoms. The van der Waals surface area contributed by atoms with Crippen molar-refractivity contribution in [1.29, 1.82) is 0 Å². The van der Waals surface area contributed by atoms with Gasteiger partial charge in [0.15, 0.2) is 0 Å². The molecule has 0 radical (unpaired) electrons. The molecular formula is C19H23N3O4S. The summed E-state index contributed by atoms with van der Waals surface area (Å²) in [6.07, 6.45) is 0. The molecule has 0 bridgehead atoms. The Labute approximate surface area is 159 Å². The minimum Gasteiger partial charge on any atom is -0.379 e. The number of morpholine rings is 1. The molecule has 2 aromatic rings. The molecule has 3 rings (SSSR count). The molecule has 7 nitrogen and oxygen atoms in total. The Morgan fingerprint density at radius 2 is 1.74 bits per heavy atom. The van der Waals surface area contributed by atoms with Crippen LogP contribution in [-0.2, 0) is 14.8 Å². The maximum atomic E-state index is 12.8. The quantitative estimate of drug-likeness (QED) is 0.847. The van der Waals surface area contributed by atoms with Crippen LogP contribution in [0.25, 0.3) is 0 Å². The van der Waals surface area contributed by atoms with Crippen molar-refractivity contribution in [3.05, 3.63) is 54.1 Å². The van der Waals surface area contributed by atoms with E-state index in [1.165, 1.54) is 16.4 Å². The molecule has 0 unspecified atom stereocenters. The highest BCUT2D eigenvalue weighted by atomic mass is 32.2. The largest absolute Gasteiger partial charge is 0.379 e. The first-order chi connectivity index (χ1) is 12.9. The summed E-state index contributed by atoms with van der Waals surface area (Å²) in [4.78, 5) is 14.6. The van der Waals surface area contributed by atoms with Crippen molar-refractivity contribution in [3.63, 3.8) is 0 Å². The Morgan fingerprint density at radius 3 is 2.37 bits per heavy atom. The average molecular weight is 389 g/mol. The Bertz CT molecular complexity index is 905. The van der Waals surface area contributed by atoms with Gasteiger partial charge >= 0.3 is 0 Å². The van der Waals surface area contributed by atoms with Crippen molar-refractivity contribution in [3.8, 4) is 0 Å². The fourth-order valence-corrected chi connectivity index (χ4v) is 4.23. The molecular weight excluding hydrogens is 366 g/mol. The summed E-state index contributed by atoms with van der Waals surface area (Å²) in [6, 6.07) is 13.5. The molecule has 1 fully saturated rings. The van der Waals surface area contributed by atoms with E-state index in [1.807, 2.05) is 43.3 Å². The molecule has 0 spiro atoms. The first-order valence-corrected chi connectivity index (χ1v) is 10.1. The number of amides is 1. The van der Waals surface area contributed by atoms with E-state index in [0.717, 1.165) is 5.69 Å². The van der Waals surface area contributed by atoms with Gasteiger partial charge in [0.2, 0.25) is 10.0 Å². The fraction of sp³-hybridized carbons (Fsp3) is 0.316. The van der Waals surface area contributed by atoms with Gasteiger partial charge in [-0.1, -0.05) is 6.07 Å². The number of hydrogen-bond donors (Lipinski definition) is 1. The van der Waals surface area contributed by atoms with E-state index in [0.29, 0.717) is 37.6 Å². The summed E-state index contributed by atoms with van der Waals surface area (Å²) in [5, 5.41) is 2.80. The van der Waals surface area contributed by atoms with Gasteiger partial charge in [-0.05, 0) is 42.5 Å². The van der Waals surface area contributed by atoms with Crippen molar-refractivity contribution in [2.45, 2.75) is 4.90 Å². The molecule has 1 N–H and O–H groups in total. The Morgan fingerprint density at radius 1 is 1.07 bits per heavy atom. The number of sulfonamides is 1. The number of carbonyl (C=O) groups excluding carboxylic acids is 1. The van der Waals surface area contributed by atoms with Gasteiger partial charge in [-0.25, -0.2) is 8.42 Å². The fourth-order valence-electron chi connectivity index (χ4n) is 2.78. The second-order valence-corrected chi connectivity index (χ2v) is 8.38. The van der Waals surface area contributed by atoms with E-state index in [1.54, 1.807) is 12.1 Å². The van der Waals surface area contributed by atoms with Crippen LogP contribution >= 0.6 is 0 Å². The maximum absolute atomic E-state index is 12.8. The number of rotatable bonds is 5. The minimum atomic E-state index is -3.64. The highest BCUT2D eigenvalue weighted by molar-refractivity contribution is 7.89. The van der Waals surface area contributed by atoms with E-state index in [-0.39, 0.29) is 10.8 Å². The number of benzene rings is 2. The highest BCUT2D eigenvalue weighted by Crippen LogP contribution is 2.20. The molecule has 1 heterocycles. The van der Waals surface area contributed by atoms with Crippen LogP contribution in [0.1, 0.15) is 10.4 Å². The standard InChI is InChI=1S/C19H23N3O4S/c1-21(2)17-8-6-16(7-9-17)20-19(23)15-4-3-5-18(14-15)27(24,25)22-10-12-26-13-11-22/h3-9,14H,10-13H2,1-2H3,(H,20,23). The molecule has 1 amide bonds. The average Bonchev–Trinajstić information content (AvgIpc) is 2.69. The van der Waals surface area contributed by atoms with Crippen LogP contribution in [-0.4, -0.2) is 59.0 Å². The van der Waals surface area contributed by atoms with Gasteiger partial charge in [-0.2, -0.15) is 4.31 Å². The van der Waals surface area contributed by atoms with Crippen molar-refractivity contribution >= 4 is 27.3 Å². The lowest BCUT2D eigenvalue weighted by Crippen LogP contribution is -2.40. The number of nitrogens with one attached hydrogen (secondary N) is 1. The molecule has 27 heavy (non-hydrogen) atoms. The predicted octanol–water partition coefficient (Wildman–Crippen LogP) is 2.03. The van der Waals surface area contributed by atoms with Crippen LogP contribution in [0.5, 0.6) is 0 Å². The van der Waals surface area contributed by atoms with Gasteiger partial charge in [-0.3, -0.25) is 4.79 Å². The number of anilines is 2. The molecule has 0 aromatic heterocycles. The van der Waals surface area contributed by atoms with E-state index in [2.05, 4.69) is 5.32 Å². The van der Waals surface area contributed by atoms with Crippen molar-refractivity contribution in [2.75, 3.05) is 50.6 Å². The van der Waals surface area contributed by atoms with Crippen LogP contribution in [0.2, 0.25) is 0 Å². The van der Waals surface area contributed by atoms with E-state index < -0.39 is 10.0 Å². The van der Waals surface area contributed by atoms with Gasteiger partial charge in [0.05, 0.1) is 18.1 Å². The molecule has 144 valence electrons. The third kappa shape index (κ3) is 4.47. The van der Waals surface area contributed by atoms with Crippen molar-refractivity contribution in [1.82, 2.24) is 4.31 Å². The lowest BCUT2D eigenvalue weighted by atomic mass is 10.2. The molecule has 1 aliphatic rings. The zero-order valence-electron chi connectivity index (χ0n) is 15.4. The zero-order chi connectivity index (χ0) is 19.4. The van der Waals surface area contributed by atoms with Crippen molar-refractivity contribution in [2.24, 2.45) is 0 Å². The maximum Gasteiger partial charge on any atom is 0.255 e. The molecule has 1 saturated heterocycles. The van der Waals surface area contributed by atoms with Gasteiger partial charge in [0.1, 0.15) is 0 Å². The summed E-state index contributed by atoms with van der Waals surface area (Å²) >= 11 is 0. The van der Waals surface area contributed by atoms with Crippen LogP contribution in [0, 0.1) is 0 Å². The Kier molecular flexibility index (Phi) is 5.79.